The molecule has 0 aromatic carbocycles. The first-order chi connectivity index (χ1) is 5.85. The molecule has 2 aliphatic heterocycles. The number of alkyl halides is 1. The molecule has 1 N–H and O–H groups in total. The van der Waals surface area contributed by atoms with Crippen molar-refractivity contribution in [1.29, 1.82) is 0 Å². The predicted octanol–water partition coefficient (Wildman–Crippen LogP) is 1.54. The molecule has 0 amide bonds. The third-order valence-electron chi connectivity index (χ3n) is 3.02. The van der Waals surface area contributed by atoms with Crippen molar-refractivity contribution in [2.45, 2.75) is 25.4 Å². The van der Waals surface area contributed by atoms with Crippen LogP contribution in [0.1, 0.15) is 19.3 Å². The Labute approximate surface area is 82.2 Å². The van der Waals surface area contributed by atoms with E-state index in [0.29, 0.717) is 11.5 Å². The number of rotatable bonds is 1. The lowest BCUT2D eigenvalue weighted by Crippen LogP contribution is -2.40. The number of ether oxygens (including phenoxy) is 1. The molecule has 0 radical (unpaired) electrons. The SMILES string of the molecule is BrC[C@@H]1C[C@]2(CCCNC2)CO1. The van der Waals surface area contributed by atoms with E-state index < -0.39 is 0 Å². The van der Waals surface area contributed by atoms with Crippen molar-refractivity contribution < 1.29 is 4.74 Å². The van der Waals surface area contributed by atoms with Crippen molar-refractivity contribution in [2.75, 3.05) is 25.0 Å². The van der Waals surface area contributed by atoms with Gasteiger partial charge in [-0.3, -0.25) is 0 Å². The van der Waals surface area contributed by atoms with Crippen LogP contribution in [-0.4, -0.2) is 31.1 Å². The lowest BCUT2D eigenvalue weighted by molar-refractivity contribution is 0.0997. The molecule has 70 valence electrons. The smallest absolute Gasteiger partial charge is 0.0678 e. The molecule has 2 aliphatic rings. The van der Waals surface area contributed by atoms with Gasteiger partial charge in [0.05, 0.1) is 12.7 Å². The molecule has 2 heterocycles. The van der Waals surface area contributed by atoms with Crippen molar-refractivity contribution in [3.05, 3.63) is 0 Å². The van der Waals surface area contributed by atoms with Crippen LogP contribution in [0.25, 0.3) is 0 Å². The maximum absolute atomic E-state index is 5.71. The summed E-state index contributed by atoms with van der Waals surface area (Å²) in [5.41, 5.74) is 0.483. The minimum absolute atomic E-state index is 0.463. The van der Waals surface area contributed by atoms with E-state index in [9.17, 15) is 0 Å². The van der Waals surface area contributed by atoms with E-state index in [1.165, 1.54) is 25.8 Å². The van der Waals surface area contributed by atoms with E-state index in [1.54, 1.807) is 0 Å². The van der Waals surface area contributed by atoms with Crippen molar-refractivity contribution in [2.24, 2.45) is 5.41 Å². The fraction of sp³-hybridized carbons (Fsp3) is 1.00. The molecular formula is C9H16BrNO. The summed E-state index contributed by atoms with van der Waals surface area (Å²) in [5.74, 6) is 0. The van der Waals surface area contributed by atoms with Gasteiger partial charge >= 0.3 is 0 Å². The number of hydrogen-bond acceptors (Lipinski definition) is 2. The summed E-state index contributed by atoms with van der Waals surface area (Å²) in [7, 11) is 0. The zero-order valence-electron chi connectivity index (χ0n) is 7.31. The summed E-state index contributed by atoms with van der Waals surface area (Å²) in [6, 6.07) is 0. The first-order valence-electron chi connectivity index (χ1n) is 4.73. The van der Waals surface area contributed by atoms with Crippen LogP contribution in [0.3, 0.4) is 0 Å². The van der Waals surface area contributed by atoms with Crippen LogP contribution in [0.4, 0.5) is 0 Å². The molecule has 0 aromatic rings. The minimum Gasteiger partial charge on any atom is -0.377 e. The van der Waals surface area contributed by atoms with Gasteiger partial charge in [-0.25, -0.2) is 0 Å². The van der Waals surface area contributed by atoms with Gasteiger partial charge in [0.2, 0.25) is 0 Å². The summed E-state index contributed by atoms with van der Waals surface area (Å²) >= 11 is 3.48. The van der Waals surface area contributed by atoms with Crippen molar-refractivity contribution in [1.82, 2.24) is 5.32 Å². The average Bonchev–Trinajstić information content (AvgIpc) is 2.50. The van der Waals surface area contributed by atoms with Crippen LogP contribution < -0.4 is 5.32 Å². The quantitative estimate of drug-likeness (QED) is 0.695. The number of piperidine rings is 1. The molecule has 2 nitrogen and oxygen atoms in total. The Balaban J connectivity index is 1.94. The highest BCUT2D eigenvalue weighted by molar-refractivity contribution is 9.09. The zero-order valence-corrected chi connectivity index (χ0v) is 8.90. The molecule has 1 spiro atoms. The molecule has 2 fully saturated rings. The van der Waals surface area contributed by atoms with Crippen LogP contribution in [0.5, 0.6) is 0 Å². The van der Waals surface area contributed by atoms with Gasteiger partial charge in [-0.15, -0.1) is 0 Å². The highest BCUT2D eigenvalue weighted by Crippen LogP contribution is 2.38. The topological polar surface area (TPSA) is 21.3 Å². The maximum atomic E-state index is 5.71. The average molecular weight is 234 g/mol. The van der Waals surface area contributed by atoms with Gasteiger partial charge in [-0.05, 0) is 25.8 Å². The van der Waals surface area contributed by atoms with Crippen LogP contribution in [-0.2, 0) is 4.74 Å². The monoisotopic (exact) mass is 233 g/mol. The lowest BCUT2D eigenvalue weighted by atomic mass is 9.79. The number of nitrogens with one attached hydrogen (secondary N) is 1. The van der Waals surface area contributed by atoms with Gasteiger partial charge in [0, 0.05) is 17.3 Å². The predicted molar refractivity (Wildman–Crippen MR) is 52.7 cm³/mol. The molecule has 0 unspecified atom stereocenters. The van der Waals surface area contributed by atoms with Crippen LogP contribution in [0, 0.1) is 5.41 Å². The molecule has 0 aliphatic carbocycles. The molecule has 2 atom stereocenters. The second-order valence-electron chi connectivity index (χ2n) is 4.07. The summed E-state index contributed by atoms with van der Waals surface area (Å²) in [6.45, 7) is 3.33. The Hall–Kier alpha value is 0.400. The zero-order chi connectivity index (χ0) is 8.44. The van der Waals surface area contributed by atoms with Crippen LogP contribution >= 0.6 is 15.9 Å². The van der Waals surface area contributed by atoms with E-state index >= 15 is 0 Å². The standard InChI is InChI=1S/C9H16BrNO/c10-5-8-4-9(7-12-8)2-1-3-11-6-9/h8,11H,1-7H2/t8-,9-/m0/s1. The normalized spacial score (nSPS) is 42.2. The molecule has 0 bridgehead atoms. The van der Waals surface area contributed by atoms with Gasteiger partial charge < -0.3 is 10.1 Å². The second kappa shape index (κ2) is 3.64. The Morgan fingerprint density at radius 1 is 1.58 bits per heavy atom. The Morgan fingerprint density at radius 3 is 3.08 bits per heavy atom. The highest BCUT2D eigenvalue weighted by atomic mass is 79.9. The van der Waals surface area contributed by atoms with E-state index in [-0.39, 0.29) is 0 Å². The Morgan fingerprint density at radius 2 is 2.50 bits per heavy atom. The number of hydrogen-bond donors (Lipinski definition) is 1. The molecule has 0 aromatic heterocycles. The van der Waals surface area contributed by atoms with Crippen molar-refractivity contribution in [3.8, 4) is 0 Å². The van der Waals surface area contributed by atoms with Gasteiger partial charge in [-0.1, -0.05) is 15.9 Å². The van der Waals surface area contributed by atoms with Gasteiger partial charge in [0.25, 0.3) is 0 Å². The van der Waals surface area contributed by atoms with E-state index in [4.69, 9.17) is 4.74 Å². The summed E-state index contributed by atoms with van der Waals surface area (Å²) in [5, 5.41) is 4.46. The van der Waals surface area contributed by atoms with Crippen LogP contribution in [0.15, 0.2) is 0 Å². The van der Waals surface area contributed by atoms with E-state index in [0.717, 1.165) is 18.5 Å². The Kier molecular flexibility index (Phi) is 2.72. The minimum atomic E-state index is 0.463. The van der Waals surface area contributed by atoms with Crippen molar-refractivity contribution >= 4 is 15.9 Å². The first kappa shape index (κ1) is 8.97. The lowest BCUT2D eigenvalue weighted by Gasteiger charge is -2.32. The Bertz CT molecular complexity index is 157. The van der Waals surface area contributed by atoms with Gasteiger partial charge in [-0.2, -0.15) is 0 Å². The number of halogens is 1. The molecule has 2 rings (SSSR count). The highest BCUT2D eigenvalue weighted by Gasteiger charge is 2.40. The summed E-state index contributed by atoms with van der Waals surface area (Å²) in [6.07, 6.45) is 4.37. The van der Waals surface area contributed by atoms with Gasteiger partial charge in [0.1, 0.15) is 0 Å². The van der Waals surface area contributed by atoms with E-state index in [2.05, 4.69) is 21.2 Å². The molecular weight excluding hydrogens is 218 g/mol. The first-order valence-corrected chi connectivity index (χ1v) is 5.85. The fourth-order valence-electron chi connectivity index (χ4n) is 2.32. The third-order valence-corrected chi connectivity index (χ3v) is 3.74. The van der Waals surface area contributed by atoms with Gasteiger partial charge in [0.15, 0.2) is 0 Å². The third kappa shape index (κ3) is 1.68. The maximum Gasteiger partial charge on any atom is 0.0678 e. The molecule has 0 saturated carbocycles. The molecule has 12 heavy (non-hydrogen) atoms. The van der Waals surface area contributed by atoms with Crippen molar-refractivity contribution in [3.63, 3.8) is 0 Å². The molecule has 2 saturated heterocycles. The summed E-state index contributed by atoms with van der Waals surface area (Å²) < 4.78 is 5.71. The van der Waals surface area contributed by atoms with Crippen LogP contribution in [0.2, 0.25) is 0 Å². The summed E-state index contributed by atoms with van der Waals surface area (Å²) in [4.78, 5) is 0. The molecule has 3 heteroatoms. The van der Waals surface area contributed by atoms with E-state index in [1.807, 2.05) is 0 Å². The second-order valence-corrected chi connectivity index (χ2v) is 4.72. The fourth-order valence-corrected chi connectivity index (χ4v) is 2.74. The largest absolute Gasteiger partial charge is 0.377 e.